The molecule has 16 heavy (non-hydrogen) atoms. The summed E-state index contributed by atoms with van der Waals surface area (Å²) in [6.07, 6.45) is 1.77. The molecule has 7 heteroatoms. The molecule has 1 fully saturated rings. The Labute approximate surface area is 96.4 Å². The van der Waals surface area contributed by atoms with Crippen LogP contribution in [0, 0.1) is 0 Å². The smallest absolute Gasteiger partial charge is 0.328 e. The molecule has 1 saturated heterocycles. The van der Waals surface area contributed by atoms with Crippen LogP contribution in [0.2, 0.25) is 0 Å². The van der Waals surface area contributed by atoms with Crippen LogP contribution in [0.25, 0.3) is 0 Å². The Bertz CT molecular complexity index is 384. The van der Waals surface area contributed by atoms with Crippen molar-refractivity contribution in [2.45, 2.75) is 16.5 Å². The zero-order valence-corrected chi connectivity index (χ0v) is 9.49. The molecular weight excluding hydrogens is 232 g/mol. The molecule has 0 spiro atoms. The Kier molecular flexibility index (Phi) is 2.59. The molecule has 2 aliphatic heterocycles. The molecule has 0 radical (unpaired) electrons. The molecule has 6 nitrogen and oxygen atoms in total. The number of β-lactam (4-membered cyclic amide) rings is 1. The van der Waals surface area contributed by atoms with Gasteiger partial charge in [-0.1, -0.05) is 0 Å². The fraction of sp³-hybridized carbons (Fsp3) is 0.556. The second-order valence-electron chi connectivity index (χ2n) is 3.73. The molecule has 3 N–H and O–H groups in total. The fourth-order valence-corrected chi connectivity index (χ4v) is 3.22. The number of ether oxygens (including phenoxy) is 1. The highest BCUT2D eigenvalue weighted by Crippen LogP contribution is 2.45. The number of carboxylic acids is 1. The van der Waals surface area contributed by atoms with Gasteiger partial charge >= 0.3 is 5.97 Å². The van der Waals surface area contributed by atoms with Crippen LogP contribution >= 0.6 is 11.8 Å². The second kappa shape index (κ2) is 3.67. The summed E-state index contributed by atoms with van der Waals surface area (Å²) >= 11 is 1.16. The minimum Gasteiger partial charge on any atom is -0.480 e. The largest absolute Gasteiger partial charge is 0.480 e. The molecule has 0 saturated carbocycles. The van der Waals surface area contributed by atoms with E-state index in [-0.39, 0.29) is 23.6 Å². The number of hydrogen-bond donors (Lipinski definition) is 2. The summed E-state index contributed by atoms with van der Waals surface area (Å²) in [5.41, 5.74) is 5.88. The van der Waals surface area contributed by atoms with Crippen molar-refractivity contribution in [1.29, 1.82) is 0 Å². The van der Waals surface area contributed by atoms with Crippen molar-refractivity contribution in [3.05, 3.63) is 11.9 Å². The molecule has 0 aromatic heterocycles. The molecule has 2 aliphatic rings. The number of amides is 1. The number of thioether (sulfide) groups is 1. The van der Waals surface area contributed by atoms with Gasteiger partial charge in [-0.25, -0.2) is 0 Å². The minimum atomic E-state index is -1.27. The molecule has 2 rings (SSSR count). The van der Waals surface area contributed by atoms with Gasteiger partial charge in [0.05, 0.1) is 24.1 Å². The highest BCUT2D eigenvalue weighted by Gasteiger charge is 2.53. The first-order valence-corrected chi connectivity index (χ1v) is 5.58. The van der Waals surface area contributed by atoms with Crippen LogP contribution in [0.15, 0.2) is 11.9 Å². The first kappa shape index (κ1) is 11.3. The van der Waals surface area contributed by atoms with E-state index < -0.39 is 10.7 Å². The van der Waals surface area contributed by atoms with Crippen molar-refractivity contribution in [2.24, 2.45) is 5.73 Å². The van der Waals surface area contributed by atoms with Gasteiger partial charge in [-0.15, -0.1) is 11.8 Å². The summed E-state index contributed by atoms with van der Waals surface area (Å²) in [6.45, 7) is -0.00609. The van der Waals surface area contributed by atoms with E-state index in [9.17, 15) is 14.7 Å². The zero-order valence-electron chi connectivity index (χ0n) is 8.67. The summed E-state index contributed by atoms with van der Waals surface area (Å²) in [7, 11) is 1.43. The Morgan fingerprint density at radius 3 is 3.06 bits per heavy atom. The van der Waals surface area contributed by atoms with Crippen molar-refractivity contribution in [3.63, 3.8) is 0 Å². The van der Waals surface area contributed by atoms with Crippen molar-refractivity contribution in [3.8, 4) is 0 Å². The van der Waals surface area contributed by atoms with E-state index in [4.69, 9.17) is 10.5 Å². The lowest BCUT2D eigenvalue weighted by Gasteiger charge is -2.46. The zero-order chi connectivity index (χ0) is 11.9. The molecule has 2 heterocycles. The van der Waals surface area contributed by atoms with Crippen LogP contribution in [-0.2, 0) is 14.3 Å². The molecule has 1 amide bonds. The number of fused-ring (bicyclic) bond motifs is 1. The average Bonchev–Trinajstić information content (AvgIpc) is 2.22. The molecule has 0 aliphatic carbocycles. The van der Waals surface area contributed by atoms with Crippen molar-refractivity contribution in [1.82, 2.24) is 4.90 Å². The van der Waals surface area contributed by atoms with Gasteiger partial charge in [0.2, 0.25) is 5.91 Å². The Hall–Kier alpha value is -1.21. The fourth-order valence-electron chi connectivity index (χ4n) is 1.77. The maximum Gasteiger partial charge on any atom is 0.328 e. The van der Waals surface area contributed by atoms with Crippen LogP contribution in [0.4, 0.5) is 0 Å². The number of hydrogen-bond acceptors (Lipinski definition) is 5. The van der Waals surface area contributed by atoms with Crippen molar-refractivity contribution in [2.75, 3.05) is 13.7 Å². The van der Waals surface area contributed by atoms with Gasteiger partial charge in [0.1, 0.15) is 0 Å². The average molecular weight is 244 g/mol. The lowest BCUT2D eigenvalue weighted by molar-refractivity contribution is -0.142. The Morgan fingerprint density at radius 1 is 1.88 bits per heavy atom. The van der Waals surface area contributed by atoms with E-state index in [0.717, 1.165) is 11.8 Å². The summed E-state index contributed by atoms with van der Waals surface area (Å²) < 4.78 is 3.66. The monoisotopic (exact) mass is 244 g/mol. The van der Waals surface area contributed by atoms with Gasteiger partial charge in [0.15, 0.2) is 4.75 Å². The third-order valence-corrected chi connectivity index (χ3v) is 4.32. The molecule has 0 bridgehead atoms. The minimum absolute atomic E-state index is 0.00609. The van der Waals surface area contributed by atoms with E-state index in [1.165, 1.54) is 18.2 Å². The van der Waals surface area contributed by atoms with Gasteiger partial charge in [-0.2, -0.15) is 0 Å². The SMILES string of the molecule is COCC1(C(=O)O)S[C@@H]2CC(=O)N2C=C1N. The van der Waals surface area contributed by atoms with E-state index >= 15 is 0 Å². The van der Waals surface area contributed by atoms with Crippen LogP contribution in [0.3, 0.4) is 0 Å². The maximum absolute atomic E-state index is 11.3. The number of carbonyl (C=O) groups is 2. The van der Waals surface area contributed by atoms with Gasteiger partial charge in [0, 0.05) is 13.3 Å². The standard InChI is InChI=1S/C9H12N2O4S/c1-15-4-9(8(13)14)5(10)3-11-6(12)2-7(11)16-9/h3,7H,2,4,10H2,1H3,(H,13,14)/t7-,9?/m1/s1. The van der Waals surface area contributed by atoms with Crippen molar-refractivity contribution >= 4 is 23.6 Å². The number of nitrogens with zero attached hydrogens (tertiary/aromatic N) is 1. The van der Waals surface area contributed by atoms with Crippen LogP contribution < -0.4 is 5.73 Å². The first-order valence-electron chi connectivity index (χ1n) is 4.70. The number of methoxy groups -OCH3 is 1. The molecule has 1 unspecified atom stereocenters. The first-order chi connectivity index (χ1) is 7.51. The van der Waals surface area contributed by atoms with Gasteiger partial charge < -0.3 is 20.5 Å². The Morgan fingerprint density at radius 2 is 2.56 bits per heavy atom. The normalized spacial score (nSPS) is 32.8. The third-order valence-electron chi connectivity index (χ3n) is 2.72. The topological polar surface area (TPSA) is 92.9 Å². The molecule has 0 aromatic rings. The predicted octanol–water partition coefficient (Wildman–Crippen LogP) is -0.439. The molecule has 0 aromatic carbocycles. The predicted molar refractivity (Wildman–Crippen MR) is 57.4 cm³/mol. The van der Waals surface area contributed by atoms with Crippen LogP contribution in [-0.4, -0.2) is 45.7 Å². The summed E-state index contributed by atoms with van der Waals surface area (Å²) in [5.74, 6) is -1.07. The van der Waals surface area contributed by atoms with Crippen LogP contribution in [0.5, 0.6) is 0 Å². The van der Waals surface area contributed by atoms with Crippen molar-refractivity contribution < 1.29 is 19.4 Å². The lowest BCUT2D eigenvalue weighted by Crippen LogP contribution is -2.58. The number of rotatable bonds is 3. The Balaban J connectivity index is 2.33. The van der Waals surface area contributed by atoms with Crippen LogP contribution in [0.1, 0.15) is 6.42 Å². The number of carbonyl (C=O) groups excluding carboxylic acids is 1. The second-order valence-corrected chi connectivity index (χ2v) is 5.20. The highest BCUT2D eigenvalue weighted by molar-refractivity contribution is 8.02. The number of nitrogens with two attached hydrogens (primary N) is 1. The van der Waals surface area contributed by atoms with E-state index in [1.54, 1.807) is 0 Å². The summed E-state index contributed by atoms with van der Waals surface area (Å²) in [4.78, 5) is 24.0. The summed E-state index contributed by atoms with van der Waals surface area (Å²) in [5, 5.41) is 9.13. The lowest BCUT2D eigenvalue weighted by atomic mass is 10.0. The van der Waals surface area contributed by atoms with E-state index in [2.05, 4.69) is 0 Å². The highest BCUT2D eigenvalue weighted by atomic mass is 32.2. The molecular formula is C9H12N2O4S. The molecule has 88 valence electrons. The van der Waals surface area contributed by atoms with Gasteiger partial charge in [-0.05, 0) is 0 Å². The van der Waals surface area contributed by atoms with E-state index in [0.29, 0.717) is 6.42 Å². The van der Waals surface area contributed by atoms with Gasteiger partial charge in [0.25, 0.3) is 0 Å². The molecule has 2 atom stereocenters. The quantitative estimate of drug-likeness (QED) is 0.654. The third kappa shape index (κ3) is 1.39. The maximum atomic E-state index is 11.3. The van der Waals surface area contributed by atoms with E-state index in [1.807, 2.05) is 0 Å². The number of carboxylic acid groups (broad SMARTS) is 1. The summed E-state index contributed by atoms with van der Waals surface area (Å²) in [6, 6.07) is 0. The van der Waals surface area contributed by atoms with Gasteiger partial charge in [-0.3, -0.25) is 9.59 Å². The number of aliphatic carboxylic acids is 1.